The number of carbonyl (C=O) groups excluding carboxylic acids is 1. The van der Waals surface area contributed by atoms with Gasteiger partial charge in [-0.15, -0.1) is 0 Å². The van der Waals surface area contributed by atoms with Crippen LogP contribution in [0, 0.1) is 5.82 Å². The third-order valence-electron chi connectivity index (χ3n) is 4.95. The average molecular weight is 481 g/mol. The molecule has 10 heteroatoms. The zero-order valence-corrected chi connectivity index (χ0v) is 19.6. The van der Waals surface area contributed by atoms with Crippen LogP contribution >= 0.6 is 23.4 Å². The van der Waals surface area contributed by atoms with E-state index in [9.17, 15) is 17.6 Å². The normalized spacial score (nSPS) is 16.4. The molecule has 0 radical (unpaired) electrons. The average Bonchev–Trinajstić information content (AvgIpc) is 2.73. The van der Waals surface area contributed by atoms with E-state index in [0.29, 0.717) is 37.9 Å². The van der Waals surface area contributed by atoms with Gasteiger partial charge in [0.25, 0.3) is 0 Å². The van der Waals surface area contributed by atoms with Crippen LogP contribution in [0.3, 0.4) is 0 Å². The first-order valence-electron chi connectivity index (χ1n) is 10.2. The van der Waals surface area contributed by atoms with Crippen LogP contribution in [0.4, 0.5) is 4.39 Å². The quantitative estimate of drug-likeness (QED) is 0.445. The van der Waals surface area contributed by atoms with E-state index in [1.54, 1.807) is 0 Å². The number of sulfonamides is 1. The Balaban J connectivity index is 1.86. The molecule has 0 heterocycles. The number of benzene rings is 1. The molecule has 6 nitrogen and oxygen atoms in total. The lowest BCUT2D eigenvalue weighted by Crippen LogP contribution is -2.47. The van der Waals surface area contributed by atoms with Gasteiger partial charge in [0, 0.05) is 13.2 Å². The van der Waals surface area contributed by atoms with Crippen molar-refractivity contribution in [1.29, 1.82) is 0 Å². The Labute approximate surface area is 187 Å². The van der Waals surface area contributed by atoms with Crippen LogP contribution in [-0.2, 0) is 19.6 Å². The molecule has 2 N–H and O–H groups in total. The van der Waals surface area contributed by atoms with Crippen molar-refractivity contribution in [2.45, 2.75) is 62.0 Å². The molecule has 0 aliphatic heterocycles. The van der Waals surface area contributed by atoms with Gasteiger partial charge < -0.3 is 10.1 Å². The van der Waals surface area contributed by atoms with Crippen LogP contribution in [0.2, 0.25) is 5.02 Å². The Hall–Kier alpha value is -0.870. The predicted octanol–water partition coefficient (Wildman–Crippen LogP) is 3.73. The summed E-state index contributed by atoms with van der Waals surface area (Å²) >= 11 is 7.21. The summed E-state index contributed by atoms with van der Waals surface area (Å²) < 4.78 is 46.9. The highest BCUT2D eigenvalue weighted by Crippen LogP contribution is 2.21. The lowest BCUT2D eigenvalue weighted by Gasteiger charge is -2.22. The minimum absolute atomic E-state index is 0.184. The molecule has 0 bridgehead atoms. The van der Waals surface area contributed by atoms with Crippen LogP contribution in [0.5, 0.6) is 0 Å². The molecule has 1 aromatic rings. The first-order valence-corrected chi connectivity index (χ1v) is 13.4. The fourth-order valence-electron chi connectivity index (χ4n) is 3.27. The van der Waals surface area contributed by atoms with Crippen molar-refractivity contribution in [1.82, 2.24) is 10.0 Å². The summed E-state index contributed by atoms with van der Waals surface area (Å²) in [6.45, 7) is 0.978. The van der Waals surface area contributed by atoms with Gasteiger partial charge in [-0.2, -0.15) is 16.5 Å². The van der Waals surface area contributed by atoms with E-state index in [2.05, 4.69) is 10.0 Å². The molecular formula is C20H30ClFN2O4S2. The lowest BCUT2D eigenvalue weighted by molar-refractivity contribution is -0.122. The number of ether oxygens (including phenoxy) is 1. The monoisotopic (exact) mass is 480 g/mol. The Kier molecular flexibility index (Phi) is 10.9. The first-order chi connectivity index (χ1) is 14.3. The highest BCUT2D eigenvalue weighted by atomic mass is 35.5. The van der Waals surface area contributed by atoms with E-state index < -0.39 is 27.8 Å². The van der Waals surface area contributed by atoms with E-state index in [4.69, 9.17) is 16.3 Å². The van der Waals surface area contributed by atoms with Crippen molar-refractivity contribution < 1.29 is 22.3 Å². The summed E-state index contributed by atoms with van der Waals surface area (Å²) in [4.78, 5) is 12.4. The fraction of sp³-hybridized carbons (Fsp3) is 0.650. The van der Waals surface area contributed by atoms with Gasteiger partial charge in [-0.25, -0.2) is 12.8 Å². The molecule has 1 aliphatic carbocycles. The Bertz CT molecular complexity index is 789. The van der Waals surface area contributed by atoms with Gasteiger partial charge in [0.15, 0.2) is 0 Å². The largest absolute Gasteiger partial charge is 0.378 e. The zero-order chi connectivity index (χ0) is 22.0. The number of nitrogens with one attached hydrogen (secondary N) is 2. The van der Waals surface area contributed by atoms with Crippen LogP contribution < -0.4 is 10.0 Å². The minimum Gasteiger partial charge on any atom is -0.378 e. The van der Waals surface area contributed by atoms with Gasteiger partial charge in [0.1, 0.15) is 11.9 Å². The molecule has 1 amide bonds. The van der Waals surface area contributed by atoms with E-state index in [-0.39, 0.29) is 9.92 Å². The second-order valence-corrected chi connectivity index (χ2v) is 10.4. The minimum atomic E-state index is -4.02. The maximum atomic E-state index is 13.3. The van der Waals surface area contributed by atoms with Gasteiger partial charge in [0.2, 0.25) is 15.9 Å². The highest BCUT2D eigenvalue weighted by molar-refractivity contribution is 7.98. The van der Waals surface area contributed by atoms with Crippen molar-refractivity contribution in [3.63, 3.8) is 0 Å². The molecule has 0 aromatic heterocycles. The summed E-state index contributed by atoms with van der Waals surface area (Å²) in [6, 6.07) is 2.21. The van der Waals surface area contributed by atoms with Crippen LogP contribution in [-0.4, -0.2) is 51.6 Å². The van der Waals surface area contributed by atoms with Gasteiger partial charge >= 0.3 is 0 Å². The van der Waals surface area contributed by atoms with Crippen LogP contribution in [0.15, 0.2) is 23.1 Å². The molecule has 1 atom stereocenters. The zero-order valence-electron chi connectivity index (χ0n) is 17.2. The molecule has 30 heavy (non-hydrogen) atoms. The number of amides is 1. The highest BCUT2D eigenvalue weighted by Gasteiger charge is 2.26. The van der Waals surface area contributed by atoms with Crippen LogP contribution in [0.25, 0.3) is 0 Å². The summed E-state index contributed by atoms with van der Waals surface area (Å²) in [7, 11) is -4.02. The molecule has 170 valence electrons. The third kappa shape index (κ3) is 8.34. The Morgan fingerprint density at radius 1 is 1.33 bits per heavy atom. The number of halogens is 2. The van der Waals surface area contributed by atoms with Crippen molar-refractivity contribution in [3.8, 4) is 0 Å². The van der Waals surface area contributed by atoms with Crippen molar-refractivity contribution in [2.75, 3.05) is 25.2 Å². The molecule has 1 fully saturated rings. The topological polar surface area (TPSA) is 84.5 Å². The fourth-order valence-corrected chi connectivity index (χ4v) is 5.24. The van der Waals surface area contributed by atoms with E-state index in [1.165, 1.54) is 31.0 Å². The summed E-state index contributed by atoms with van der Waals surface area (Å²) in [5.74, 6) is -0.489. The smallest absolute Gasteiger partial charge is 0.241 e. The Morgan fingerprint density at radius 2 is 2.07 bits per heavy atom. The predicted molar refractivity (Wildman–Crippen MR) is 119 cm³/mol. The van der Waals surface area contributed by atoms with Crippen molar-refractivity contribution in [3.05, 3.63) is 29.0 Å². The standard InChI is InChI=1S/C20H30ClFN2O4S2/c1-29-13-10-19(24-30(26,27)16-8-9-18(22)17(21)14-16)20(25)23-11-5-12-28-15-6-3-2-4-7-15/h8-9,14-15,19,24H,2-7,10-13H2,1H3,(H,23,25). The molecule has 1 unspecified atom stereocenters. The van der Waals surface area contributed by atoms with Gasteiger partial charge in [-0.3, -0.25) is 4.79 Å². The second kappa shape index (κ2) is 12.9. The summed E-state index contributed by atoms with van der Waals surface area (Å²) in [5.41, 5.74) is 0. The second-order valence-electron chi connectivity index (χ2n) is 7.31. The molecule has 1 aliphatic rings. The van der Waals surface area contributed by atoms with Gasteiger partial charge in [-0.1, -0.05) is 30.9 Å². The number of thioether (sulfide) groups is 1. The number of hydrogen-bond donors (Lipinski definition) is 2. The number of rotatable bonds is 12. The van der Waals surface area contributed by atoms with Crippen molar-refractivity contribution >= 4 is 39.3 Å². The molecule has 0 saturated heterocycles. The SMILES string of the molecule is CSCCC(NS(=O)(=O)c1ccc(F)c(Cl)c1)C(=O)NCCCOC1CCCCC1. The van der Waals surface area contributed by atoms with E-state index >= 15 is 0 Å². The van der Waals surface area contributed by atoms with Gasteiger partial charge in [0.05, 0.1) is 16.0 Å². The van der Waals surface area contributed by atoms with E-state index in [1.807, 2.05) is 6.26 Å². The number of carbonyl (C=O) groups is 1. The van der Waals surface area contributed by atoms with Crippen LogP contribution in [0.1, 0.15) is 44.9 Å². The third-order valence-corrected chi connectivity index (χ3v) is 7.35. The Morgan fingerprint density at radius 3 is 2.73 bits per heavy atom. The van der Waals surface area contributed by atoms with E-state index in [0.717, 1.165) is 31.0 Å². The maximum absolute atomic E-state index is 13.3. The van der Waals surface area contributed by atoms with Crippen molar-refractivity contribution in [2.24, 2.45) is 0 Å². The van der Waals surface area contributed by atoms with Gasteiger partial charge in [-0.05, 0) is 55.9 Å². The molecule has 2 rings (SSSR count). The first kappa shape index (κ1) is 25.4. The molecule has 0 spiro atoms. The summed E-state index contributed by atoms with van der Waals surface area (Å²) in [6.07, 6.45) is 9.07. The summed E-state index contributed by atoms with van der Waals surface area (Å²) in [5, 5.41) is 2.49. The number of hydrogen-bond acceptors (Lipinski definition) is 5. The lowest BCUT2D eigenvalue weighted by atomic mass is 9.98. The maximum Gasteiger partial charge on any atom is 0.241 e. The molecular weight excluding hydrogens is 451 g/mol. The molecule has 1 aromatic carbocycles. The molecule has 1 saturated carbocycles.